The van der Waals surface area contributed by atoms with E-state index in [1.807, 2.05) is 0 Å². The van der Waals surface area contributed by atoms with E-state index in [-0.39, 0.29) is 17.8 Å². The van der Waals surface area contributed by atoms with Crippen LogP contribution < -0.4 is 10.6 Å². The maximum absolute atomic E-state index is 11.8. The molecule has 1 saturated carbocycles. The van der Waals surface area contributed by atoms with Crippen LogP contribution in [-0.2, 0) is 0 Å². The molecule has 1 aromatic heterocycles. The average Bonchev–Trinajstić information content (AvgIpc) is 3.11. The molecule has 19 heavy (non-hydrogen) atoms. The van der Waals surface area contributed by atoms with Gasteiger partial charge < -0.3 is 15.2 Å². The van der Waals surface area contributed by atoms with Crippen LogP contribution in [0.5, 0.6) is 0 Å². The van der Waals surface area contributed by atoms with E-state index in [0.717, 1.165) is 25.8 Å². The summed E-state index contributed by atoms with van der Waals surface area (Å²) in [6.45, 7) is 3.17. The fourth-order valence-electron chi connectivity index (χ4n) is 2.50. The Morgan fingerprint density at radius 1 is 1.47 bits per heavy atom. The Bertz CT molecular complexity index is 455. The Hall–Kier alpha value is -1.43. The molecule has 3 rings (SSSR count). The Kier molecular flexibility index (Phi) is 3.50. The van der Waals surface area contributed by atoms with Crippen LogP contribution in [0.4, 0.5) is 0 Å². The molecule has 2 unspecified atom stereocenters. The van der Waals surface area contributed by atoms with Gasteiger partial charge in [-0.25, -0.2) is 0 Å². The number of piperidine rings is 1. The van der Waals surface area contributed by atoms with Gasteiger partial charge in [0.2, 0.25) is 5.89 Å². The molecule has 2 atom stereocenters. The molecule has 1 aromatic rings. The van der Waals surface area contributed by atoms with Crippen molar-refractivity contribution in [3.05, 3.63) is 11.7 Å². The molecule has 2 heterocycles. The highest BCUT2D eigenvalue weighted by Gasteiger charge is 2.29. The van der Waals surface area contributed by atoms with E-state index in [2.05, 4.69) is 27.7 Å². The summed E-state index contributed by atoms with van der Waals surface area (Å²) in [5, 5.41) is 10.0. The molecule has 0 bridgehead atoms. The van der Waals surface area contributed by atoms with E-state index in [0.29, 0.717) is 17.9 Å². The summed E-state index contributed by atoms with van der Waals surface area (Å²) in [4.78, 5) is 16.0. The second kappa shape index (κ2) is 5.28. The number of rotatable bonds is 4. The van der Waals surface area contributed by atoms with Gasteiger partial charge in [0.05, 0.1) is 6.04 Å². The fourth-order valence-corrected chi connectivity index (χ4v) is 2.50. The zero-order chi connectivity index (χ0) is 13.2. The highest BCUT2D eigenvalue weighted by atomic mass is 16.5. The van der Waals surface area contributed by atoms with Crippen molar-refractivity contribution in [1.29, 1.82) is 0 Å². The van der Waals surface area contributed by atoms with Crippen molar-refractivity contribution in [3.63, 3.8) is 0 Å². The average molecular weight is 264 g/mol. The second-order valence-corrected chi connectivity index (χ2v) is 5.51. The van der Waals surface area contributed by atoms with Crippen LogP contribution in [-0.4, -0.2) is 28.6 Å². The molecule has 0 aromatic carbocycles. The number of carbonyl (C=O) groups is 1. The van der Waals surface area contributed by atoms with Crippen molar-refractivity contribution < 1.29 is 9.32 Å². The SMILES string of the molecule is CCC1CCNC(c2nc(C(=O)NC3CC3)no2)C1. The summed E-state index contributed by atoms with van der Waals surface area (Å²) in [6.07, 6.45) is 5.47. The minimum Gasteiger partial charge on any atom is -0.346 e. The van der Waals surface area contributed by atoms with Crippen LogP contribution in [0.15, 0.2) is 4.52 Å². The zero-order valence-corrected chi connectivity index (χ0v) is 11.2. The molecular weight excluding hydrogens is 244 g/mol. The molecule has 2 N–H and O–H groups in total. The lowest BCUT2D eigenvalue weighted by atomic mass is 9.90. The maximum Gasteiger partial charge on any atom is 0.292 e. The normalized spacial score (nSPS) is 27.2. The van der Waals surface area contributed by atoms with E-state index < -0.39 is 0 Å². The van der Waals surface area contributed by atoms with Crippen LogP contribution in [0.25, 0.3) is 0 Å². The molecule has 2 aliphatic rings. The second-order valence-electron chi connectivity index (χ2n) is 5.51. The van der Waals surface area contributed by atoms with Crippen LogP contribution in [0, 0.1) is 5.92 Å². The van der Waals surface area contributed by atoms with E-state index >= 15 is 0 Å². The molecule has 2 fully saturated rings. The van der Waals surface area contributed by atoms with Crippen LogP contribution in [0.3, 0.4) is 0 Å². The van der Waals surface area contributed by atoms with E-state index in [9.17, 15) is 4.79 Å². The molecule has 1 amide bonds. The van der Waals surface area contributed by atoms with Gasteiger partial charge in [0.15, 0.2) is 0 Å². The summed E-state index contributed by atoms with van der Waals surface area (Å²) in [6, 6.07) is 0.403. The number of nitrogens with one attached hydrogen (secondary N) is 2. The Morgan fingerprint density at radius 2 is 2.32 bits per heavy atom. The lowest BCUT2D eigenvalue weighted by Gasteiger charge is -2.27. The van der Waals surface area contributed by atoms with E-state index in [1.54, 1.807) is 0 Å². The fraction of sp³-hybridized carbons (Fsp3) is 0.769. The molecule has 104 valence electrons. The van der Waals surface area contributed by atoms with Gasteiger partial charge in [-0.3, -0.25) is 4.79 Å². The molecule has 0 radical (unpaired) electrons. The number of amides is 1. The first-order valence-corrected chi connectivity index (χ1v) is 7.14. The Balaban J connectivity index is 1.64. The van der Waals surface area contributed by atoms with E-state index in [4.69, 9.17) is 4.52 Å². The summed E-state index contributed by atoms with van der Waals surface area (Å²) < 4.78 is 5.24. The van der Waals surface area contributed by atoms with Gasteiger partial charge in [-0.15, -0.1) is 0 Å². The molecule has 1 saturated heterocycles. The largest absolute Gasteiger partial charge is 0.346 e. The van der Waals surface area contributed by atoms with Gasteiger partial charge in [-0.05, 0) is 38.1 Å². The number of aromatic nitrogens is 2. The first-order valence-electron chi connectivity index (χ1n) is 7.14. The minimum absolute atomic E-state index is 0.0914. The number of hydrogen-bond donors (Lipinski definition) is 2. The van der Waals surface area contributed by atoms with Crippen molar-refractivity contribution in [1.82, 2.24) is 20.8 Å². The minimum atomic E-state index is -0.222. The van der Waals surface area contributed by atoms with Gasteiger partial charge in [0.1, 0.15) is 0 Å². The number of hydrogen-bond acceptors (Lipinski definition) is 5. The molecule has 1 aliphatic carbocycles. The highest BCUT2D eigenvalue weighted by Crippen LogP contribution is 2.28. The first kappa shape index (κ1) is 12.6. The smallest absolute Gasteiger partial charge is 0.292 e. The van der Waals surface area contributed by atoms with Gasteiger partial charge in [-0.1, -0.05) is 18.5 Å². The van der Waals surface area contributed by atoms with Crippen LogP contribution >= 0.6 is 0 Å². The predicted octanol–water partition coefficient (Wildman–Crippen LogP) is 1.41. The van der Waals surface area contributed by atoms with Crippen LogP contribution in [0.2, 0.25) is 0 Å². The molecule has 1 aliphatic heterocycles. The summed E-state index contributed by atoms with van der Waals surface area (Å²) in [7, 11) is 0. The van der Waals surface area contributed by atoms with Gasteiger partial charge in [-0.2, -0.15) is 4.98 Å². The van der Waals surface area contributed by atoms with Crippen molar-refractivity contribution >= 4 is 5.91 Å². The number of carbonyl (C=O) groups excluding carboxylic acids is 1. The zero-order valence-electron chi connectivity index (χ0n) is 11.2. The lowest BCUT2D eigenvalue weighted by Crippen LogP contribution is -2.32. The summed E-state index contributed by atoms with van der Waals surface area (Å²) in [5.41, 5.74) is 0. The van der Waals surface area contributed by atoms with Gasteiger partial charge >= 0.3 is 0 Å². The van der Waals surface area contributed by atoms with Crippen molar-refractivity contribution in [2.24, 2.45) is 5.92 Å². The standard InChI is InChI=1S/C13H20N4O2/c1-2-8-5-6-14-10(7-8)13-16-11(17-19-13)12(18)15-9-3-4-9/h8-10,14H,2-7H2,1H3,(H,15,18). The van der Waals surface area contributed by atoms with Crippen LogP contribution in [0.1, 0.15) is 61.6 Å². The van der Waals surface area contributed by atoms with Crippen molar-refractivity contribution in [3.8, 4) is 0 Å². The Labute approximate surface area is 112 Å². The lowest BCUT2D eigenvalue weighted by molar-refractivity contribution is 0.0937. The summed E-state index contributed by atoms with van der Waals surface area (Å²) in [5.74, 6) is 1.17. The monoisotopic (exact) mass is 264 g/mol. The number of nitrogens with zero attached hydrogens (tertiary/aromatic N) is 2. The Morgan fingerprint density at radius 3 is 3.05 bits per heavy atom. The maximum atomic E-state index is 11.8. The highest BCUT2D eigenvalue weighted by molar-refractivity contribution is 5.90. The molecule has 0 spiro atoms. The predicted molar refractivity (Wildman–Crippen MR) is 68.5 cm³/mol. The summed E-state index contributed by atoms with van der Waals surface area (Å²) >= 11 is 0. The molecule has 6 nitrogen and oxygen atoms in total. The molecular formula is C13H20N4O2. The third-order valence-corrected chi connectivity index (χ3v) is 3.95. The molecule has 6 heteroatoms. The van der Waals surface area contributed by atoms with Crippen molar-refractivity contribution in [2.45, 2.75) is 51.1 Å². The third kappa shape index (κ3) is 2.94. The van der Waals surface area contributed by atoms with Gasteiger partial charge in [0, 0.05) is 6.04 Å². The quantitative estimate of drug-likeness (QED) is 0.859. The van der Waals surface area contributed by atoms with Crippen molar-refractivity contribution in [2.75, 3.05) is 6.54 Å². The van der Waals surface area contributed by atoms with E-state index in [1.165, 1.54) is 12.8 Å². The topological polar surface area (TPSA) is 80.0 Å². The van der Waals surface area contributed by atoms with Gasteiger partial charge in [0.25, 0.3) is 11.7 Å². The third-order valence-electron chi connectivity index (χ3n) is 3.95. The first-order chi connectivity index (χ1) is 9.26.